The Bertz CT molecular complexity index is 666. The Labute approximate surface area is 129 Å². The van der Waals surface area contributed by atoms with Gasteiger partial charge >= 0.3 is 0 Å². The number of aliphatic hydroxyl groups is 1. The van der Waals surface area contributed by atoms with Crippen LogP contribution in [0.25, 0.3) is 0 Å². The van der Waals surface area contributed by atoms with Crippen LogP contribution in [0.5, 0.6) is 0 Å². The monoisotopic (exact) mass is 325 g/mol. The highest BCUT2D eigenvalue weighted by molar-refractivity contribution is 7.89. The molecule has 0 bridgehead atoms. The Kier molecular flexibility index (Phi) is 5.52. The maximum absolute atomic E-state index is 12.5. The molecule has 1 aromatic carbocycles. The topological polar surface area (TPSA) is 66.4 Å². The summed E-state index contributed by atoms with van der Waals surface area (Å²) in [6, 6.07) is 10.0. The first-order chi connectivity index (χ1) is 10.1. The number of aliphatic hydroxyl groups excluding tert-OH is 1. The lowest BCUT2D eigenvalue weighted by Crippen LogP contribution is -2.28. The van der Waals surface area contributed by atoms with E-state index in [0.717, 1.165) is 17.7 Å². The Morgan fingerprint density at radius 1 is 1.29 bits per heavy atom. The largest absolute Gasteiger partial charge is 0.392 e. The lowest BCUT2D eigenvalue weighted by Gasteiger charge is -2.17. The van der Waals surface area contributed by atoms with Crippen molar-refractivity contribution in [3.8, 4) is 0 Å². The van der Waals surface area contributed by atoms with E-state index in [1.54, 1.807) is 29.5 Å². The van der Waals surface area contributed by atoms with Crippen molar-refractivity contribution in [2.24, 2.45) is 0 Å². The van der Waals surface area contributed by atoms with Gasteiger partial charge in [-0.1, -0.05) is 31.5 Å². The Hall–Kier alpha value is -1.21. The van der Waals surface area contributed by atoms with Crippen LogP contribution >= 0.6 is 11.3 Å². The fourth-order valence-corrected chi connectivity index (χ4v) is 4.31. The minimum atomic E-state index is -3.59. The van der Waals surface area contributed by atoms with Gasteiger partial charge in [-0.15, -0.1) is 11.3 Å². The summed E-state index contributed by atoms with van der Waals surface area (Å²) in [4.78, 5) is 1.20. The van der Waals surface area contributed by atoms with Crippen LogP contribution in [0.1, 0.15) is 36.2 Å². The first-order valence-electron chi connectivity index (χ1n) is 6.82. The third-order valence-corrected chi connectivity index (χ3v) is 5.61. The highest BCUT2D eigenvalue weighted by Gasteiger charge is 2.21. The summed E-state index contributed by atoms with van der Waals surface area (Å²) in [7, 11) is -3.59. The first-order valence-corrected chi connectivity index (χ1v) is 9.18. The number of hydrogen-bond acceptors (Lipinski definition) is 4. The van der Waals surface area contributed by atoms with Gasteiger partial charge in [0, 0.05) is 4.88 Å². The van der Waals surface area contributed by atoms with Crippen molar-refractivity contribution in [1.29, 1.82) is 0 Å². The van der Waals surface area contributed by atoms with Gasteiger partial charge in [-0.05, 0) is 35.6 Å². The quantitative estimate of drug-likeness (QED) is 0.822. The van der Waals surface area contributed by atoms with E-state index in [4.69, 9.17) is 5.11 Å². The van der Waals surface area contributed by atoms with Crippen molar-refractivity contribution in [1.82, 2.24) is 4.72 Å². The van der Waals surface area contributed by atoms with Gasteiger partial charge in [0.25, 0.3) is 0 Å². The number of benzene rings is 1. The smallest absolute Gasteiger partial charge is 0.241 e. The third kappa shape index (κ3) is 4.14. The summed E-state index contributed by atoms with van der Waals surface area (Å²) in [5.74, 6) is 0. The van der Waals surface area contributed by atoms with Crippen LogP contribution in [-0.2, 0) is 16.6 Å². The lowest BCUT2D eigenvalue weighted by atomic mass is 10.1. The van der Waals surface area contributed by atoms with Crippen LogP contribution < -0.4 is 4.72 Å². The molecule has 1 aromatic heterocycles. The number of rotatable bonds is 7. The number of thiophene rings is 1. The molecule has 2 N–H and O–H groups in total. The van der Waals surface area contributed by atoms with Crippen molar-refractivity contribution in [2.45, 2.75) is 37.3 Å². The molecule has 0 amide bonds. The van der Waals surface area contributed by atoms with Gasteiger partial charge in [-0.25, -0.2) is 13.1 Å². The molecular weight excluding hydrogens is 306 g/mol. The summed E-state index contributed by atoms with van der Waals surface area (Å²) >= 11 is 1.55. The Morgan fingerprint density at radius 3 is 2.71 bits per heavy atom. The molecule has 1 heterocycles. The number of sulfonamides is 1. The highest BCUT2D eigenvalue weighted by Crippen LogP contribution is 2.25. The second kappa shape index (κ2) is 7.17. The van der Waals surface area contributed by atoms with Crippen LogP contribution in [0.4, 0.5) is 0 Å². The molecule has 0 saturated carbocycles. The van der Waals surface area contributed by atoms with Gasteiger partial charge in [-0.2, -0.15) is 0 Å². The molecule has 0 radical (unpaired) electrons. The zero-order valence-electron chi connectivity index (χ0n) is 11.8. The second-order valence-electron chi connectivity index (χ2n) is 4.78. The van der Waals surface area contributed by atoms with E-state index in [1.165, 1.54) is 6.07 Å². The fourth-order valence-electron chi connectivity index (χ4n) is 2.10. The third-order valence-electron chi connectivity index (χ3n) is 3.15. The predicted octanol–water partition coefficient (Wildman–Crippen LogP) is 3.06. The van der Waals surface area contributed by atoms with E-state index < -0.39 is 10.0 Å². The van der Waals surface area contributed by atoms with E-state index in [1.807, 2.05) is 24.4 Å². The van der Waals surface area contributed by atoms with Gasteiger partial charge in [0.2, 0.25) is 10.0 Å². The molecule has 0 saturated heterocycles. The molecule has 0 fully saturated rings. The van der Waals surface area contributed by atoms with E-state index in [0.29, 0.717) is 5.56 Å². The van der Waals surface area contributed by atoms with Crippen LogP contribution in [-0.4, -0.2) is 13.5 Å². The normalized spacial score (nSPS) is 13.2. The highest BCUT2D eigenvalue weighted by atomic mass is 32.2. The predicted molar refractivity (Wildman–Crippen MR) is 84.7 cm³/mol. The molecule has 2 aromatic rings. The molecule has 114 valence electrons. The van der Waals surface area contributed by atoms with Crippen molar-refractivity contribution < 1.29 is 13.5 Å². The molecule has 4 nitrogen and oxygen atoms in total. The van der Waals surface area contributed by atoms with Crippen molar-refractivity contribution in [2.75, 3.05) is 0 Å². The molecule has 0 aliphatic rings. The summed E-state index contributed by atoms with van der Waals surface area (Å²) in [5, 5.41) is 11.1. The summed E-state index contributed by atoms with van der Waals surface area (Å²) < 4.78 is 27.8. The minimum Gasteiger partial charge on any atom is -0.392 e. The second-order valence-corrected chi connectivity index (χ2v) is 7.48. The summed E-state index contributed by atoms with van der Waals surface area (Å²) in [6.07, 6.45) is 1.64. The van der Waals surface area contributed by atoms with Crippen LogP contribution in [0, 0.1) is 0 Å². The zero-order chi connectivity index (χ0) is 15.3. The van der Waals surface area contributed by atoms with Crippen molar-refractivity contribution in [3.63, 3.8) is 0 Å². The molecule has 1 unspecified atom stereocenters. The maximum Gasteiger partial charge on any atom is 0.241 e. The Morgan fingerprint density at radius 2 is 2.10 bits per heavy atom. The minimum absolute atomic E-state index is 0.174. The molecule has 1 atom stereocenters. The molecule has 21 heavy (non-hydrogen) atoms. The van der Waals surface area contributed by atoms with E-state index >= 15 is 0 Å². The van der Waals surface area contributed by atoms with E-state index in [9.17, 15) is 8.42 Å². The number of hydrogen-bond donors (Lipinski definition) is 2. The average molecular weight is 325 g/mol. The molecule has 0 aliphatic heterocycles. The van der Waals surface area contributed by atoms with Crippen LogP contribution in [0.15, 0.2) is 46.7 Å². The van der Waals surface area contributed by atoms with Crippen LogP contribution in [0.3, 0.4) is 0 Å². The molecule has 6 heteroatoms. The van der Waals surface area contributed by atoms with Crippen LogP contribution in [0.2, 0.25) is 0 Å². The summed E-state index contributed by atoms with van der Waals surface area (Å²) in [5.41, 5.74) is 0.584. The van der Waals surface area contributed by atoms with Gasteiger partial charge in [-0.3, -0.25) is 0 Å². The first kappa shape index (κ1) is 16.2. The maximum atomic E-state index is 12.5. The molecule has 2 rings (SSSR count). The lowest BCUT2D eigenvalue weighted by molar-refractivity contribution is 0.281. The van der Waals surface area contributed by atoms with Gasteiger partial charge in [0.05, 0.1) is 17.5 Å². The zero-order valence-corrected chi connectivity index (χ0v) is 13.5. The fraction of sp³-hybridized carbons (Fsp3) is 0.333. The number of nitrogens with one attached hydrogen (secondary N) is 1. The van der Waals surface area contributed by atoms with Crippen molar-refractivity contribution >= 4 is 21.4 Å². The summed E-state index contributed by atoms with van der Waals surface area (Å²) in [6.45, 7) is 1.86. The molecular formula is C15H19NO3S2. The Balaban J connectivity index is 2.25. The van der Waals surface area contributed by atoms with E-state index in [-0.39, 0.29) is 17.5 Å². The van der Waals surface area contributed by atoms with Gasteiger partial charge < -0.3 is 5.11 Å². The van der Waals surface area contributed by atoms with Crippen molar-refractivity contribution in [3.05, 3.63) is 52.2 Å². The standard InChI is InChI=1S/C15H19NO3S2/c1-2-5-14(15-8-4-9-20-15)16-21(18,19)13-7-3-6-12(10-13)11-17/h3-4,6-10,14,16-17H,2,5,11H2,1H3. The molecule has 0 spiro atoms. The van der Waals surface area contributed by atoms with Gasteiger partial charge in [0.15, 0.2) is 0 Å². The molecule has 0 aliphatic carbocycles. The van der Waals surface area contributed by atoms with Gasteiger partial charge in [0.1, 0.15) is 0 Å². The average Bonchev–Trinajstić information content (AvgIpc) is 3.01. The van der Waals surface area contributed by atoms with E-state index in [2.05, 4.69) is 4.72 Å². The SMILES string of the molecule is CCCC(NS(=O)(=O)c1cccc(CO)c1)c1cccs1.